The second kappa shape index (κ2) is 6.82. The Labute approximate surface area is 107 Å². The molecule has 6 nitrogen and oxygen atoms in total. The second-order valence-electron chi connectivity index (χ2n) is 4.80. The molecule has 6 heteroatoms. The number of morpholine rings is 1. The predicted octanol–water partition coefficient (Wildman–Crippen LogP) is 0.277. The minimum absolute atomic E-state index is 0.456. The fourth-order valence-electron chi connectivity index (χ4n) is 2.15. The summed E-state index contributed by atoms with van der Waals surface area (Å²) in [5.41, 5.74) is 0. The van der Waals surface area contributed by atoms with E-state index in [4.69, 9.17) is 9.26 Å². The van der Waals surface area contributed by atoms with E-state index in [-0.39, 0.29) is 0 Å². The van der Waals surface area contributed by atoms with Gasteiger partial charge in [0, 0.05) is 38.5 Å². The Balaban J connectivity index is 1.60. The Kier molecular flexibility index (Phi) is 5.10. The number of rotatable bonds is 6. The minimum Gasteiger partial charge on any atom is -0.379 e. The van der Waals surface area contributed by atoms with Crippen LogP contribution in [0, 0.1) is 6.92 Å². The van der Waals surface area contributed by atoms with Crippen molar-refractivity contribution in [2.45, 2.75) is 38.8 Å². The van der Waals surface area contributed by atoms with Crippen molar-refractivity contribution in [2.24, 2.45) is 0 Å². The molecule has 0 spiro atoms. The zero-order valence-electron chi connectivity index (χ0n) is 11.1. The summed E-state index contributed by atoms with van der Waals surface area (Å²) in [5.74, 6) is 1.40. The van der Waals surface area contributed by atoms with E-state index in [2.05, 4.69) is 27.7 Å². The zero-order valence-corrected chi connectivity index (χ0v) is 11.1. The number of ether oxygens (including phenoxy) is 1. The lowest BCUT2D eigenvalue weighted by Gasteiger charge is -2.26. The second-order valence-corrected chi connectivity index (χ2v) is 4.80. The monoisotopic (exact) mass is 254 g/mol. The number of nitrogens with one attached hydrogen (secondary N) is 2. The summed E-state index contributed by atoms with van der Waals surface area (Å²) < 4.78 is 10.4. The van der Waals surface area contributed by atoms with Crippen molar-refractivity contribution in [3.05, 3.63) is 11.7 Å². The normalized spacial score (nSPS) is 22.0. The van der Waals surface area contributed by atoms with Crippen LogP contribution < -0.4 is 10.6 Å². The third-order valence-electron chi connectivity index (χ3n) is 3.05. The summed E-state index contributed by atoms with van der Waals surface area (Å²) in [6.07, 6.45) is 1.88. The highest BCUT2D eigenvalue weighted by atomic mass is 16.5. The molecule has 2 heterocycles. The van der Waals surface area contributed by atoms with Gasteiger partial charge in [-0.25, -0.2) is 0 Å². The lowest BCUT2D eigenvalue weighted by molar-refractivity contribution is 0.0713. The van der Waals surface area contributed by atoms with Crippen molar-refractivity contribution >= 4 is 0 Å². The molecule has 102 valence electrons. The van der Waals surface area contributed by atoms with E-state index < -0.39 is 0 Å². The average Bonchev–Trinajstić information content (AvgIpc) is 2.76. The van der Waals surface area contributed by atoms with Gasteiger partial charge in [-0.05, 0) is 13.3 Å². The molecule has 1 aromatic rings. The Hall–Kier alpha value is -0.980. The summed E-state index contributed by atoms with van der Waals surface area (Å²) >= 11 is 0. The molecule has 0 aliphatic carbocycles. The smallest absolute Gasteiger partial charge is 0.223 e. The molecule has 2 N–H and O–H groups in total. The maximum Gasteiger partial charge on any atom is 0.223 e. The predicted molar refractivity (Wildman–Crippen MR) is 67.4 cm³/mol. The van der Waals surface area contributed by atoms with Crippen molar-refractivity contribution in [3.8, 4) is 0 Å². The Morgan fingerprint density at radius 3 is 3.11 bits per heavy atom. The average molecular weight is 254 g/mol. The summed E-state index contributed by atoms with van der Waals surface area (Å²) in [7, 11) is 0. The molecule has 1 aliphatic rings. The molecule has 2 atom stereocenters. The van der Waals surface area contributed by atoms with Crippen molar-refractivity contribution in [2.75, 3.05) is 26.3 Å². The van der Waals surface area contributed by atoms with Gasteiger partial charge in [0.1, 0.15) is 0 Å². The van der Waals surface area contributed by atoms with Crippen LogP contribution in [-0.2, 0) is 11.2 Å². The molecular weight excluding hydrogens is 232 g/mol. The Morgan fingerprint density at radius 1 is 1.56 bits per heavy atom. The van der Waals surface area contributed by atoms with Crippen LogP contribution in [0.25, 0.3) is 0 Å². The lowest BCUT2D eigenvalue weighted by atomic mass is 10.1. The number of hydrogen-bond acceptors (Lipinski definition) is 6. The summed E-state index contributed by atoms with van der Waals surface area (Å²) in [6, 6.07) is 0.922. The summed E-state index contributed by atoms with van der Waals surface area (Å²) in [4.78, 5) is 4.17. The molecule has 1 saturated heterocycles. The van der Waals surface area contributed by atoms with E-state index in [1.807, 2.05) is 0 Å². The van der Waals surface area contributed by atoms with Gasteiger partial charge >= 0.3 is 0 Å². The van der Waals surface area contributed by atoms with Gasteiger partial charge in [-0.2, -0.15) is 4.98 Å². The highest BCUT2D eigenvalue weighted by Crippen LogP contribution is 2.02. The maximum atomic E-state index is 5.44. The molecule has 0 aromatic carbocycles. The first kappa shape index (κ1) is 13.5. The molecule has 0 radical (unpaired) electrons. The highest BCUT2D eigenvalue weighted by Gasteiger charge is 2.15. The minimum atomic E-state index is 0.456. The first-order valence-corrected chi connectivity index (χ1v) is 6.57. The van der Waals surface area contributed by atoms with Gasteiger partial charge in [-0.3, -0.25) is 0 Å². The van der Waals surface area contributed by atoms with Crippen molar-refractivity contribution in [1.29, 1.82) is 0 Å². The topological polar surface area (TPSA) is 72.2 Å². The van der Waals surface area contributed by atoms with Gasteiger partial charge in [-0.1, -0.05) is 5.16 Å². The van der Waals surface area contributed by atoms with E-state index in [0.29, 0.717) is 18.0 Å². The van der Waals surface area contributed by atoms with Gasteiger partial charge < -0.3 is 19.9 Å². The largest absolute Gasteiger partial charge is 0.379 e. The lowest BCUT2D eigenvalue weighted by Crippen LogP contribution is -2.45. The third kappa shape index (κ3) is 4.36. The number of aromatic nitrogens is 2. The molecule has 1 aromatic heterocycles. The van der Waals surface area contributed by atoms with E-state index in [1.54, 1.807) is 6.92 Å². The fourth-order valence-corrected chi connectivity index (χ4v) is 2.15. The highest BCUT2D eigenvalue weighted by molar-refractivity contribution is 4.85. The van der Waals surface area contributed by atoms with Crippen LogP contribution in [-0.4, -0.2) is 48.5 Å². The molecular formula is C12H22N4O2. The molecule has 18 heavy (non-hydrogen) atoms. The zero-order chi connectivity index (χ0) is 12.8. The molecule has 2 unspecified atom stereocenters. The molecule has 1 fully saturated rings. The number of nitrogens with zero attached hydrogens (tertiary/aromatic N) is 2. The van der Waals surface area contributed by atoms with Crippen LogP contribution in [0.1, 0.15) is 25.1 Å². The van der Waals surface area contributed by atoms with Gasteiger partial charge in [-0.15, -0.1) is 0 Å². The van der Waals surface area contributed by atoms with Gasteiger partial charge in [0.15, 0.2) is 5.82 Å². The quantitative estimate of drug-likeness (QED) is 0.759. The molecule has 2 rings (SSSR count). The fraction of sp³-hybridized carbons (Fsp3) is 0.833. The first-order valence-electron chi connectivity index (χ1n) is 6.57. The molecule has 0 bridgehead atoms. The van der Waals surface area contributed by atoms with Crippen molar-refractivity contribution < 1.29 is 9.26 Å². The first-order chi connectivity index (χ1) is 8.74. The molecule has 0 saturated carbocycles. The van der Waals surface area contributed by atoms with Gasteiger partial charge in [0.2, 0.25) is 5.89 Å². The number of aryl methyl sites for hydroxylation is 1. The van der Waals surface area contributed by atoms with Gasteiger partial charge in [0.05, 0.1) is 13.2 Å². The van der Waals surface area contributed by atoms with Crippen LogP contribution >= 0.6 is 0 Å². The van der Waals surface area contributed by atoms with E-state index in [0.717, 1.165) is 45.0 Å². The van der Waals surface area contributed by atoms with Crippen LogP contribution in [0.4, 0.5) is 0 Å². The Bertz CT molecular complexity index is 350. The van der Waals surface area contributed by atoms with Crippen molar-refractivity contribution in [3.63, 3.8) is 0 Å². The standard InChI is InChI=1S/C12H22N4O2/c1-9(7-11-8-17-6-5-14-11)13-4-3-12-15-10(2)18-16-12/h9,11,13-14H,3-8H2,1-2H3. The van der Waals surface area contributed by atoms with Gasteiger partial charge in [0.25, 0.3) is 0 Å². The Morgan fingerprint density at radius 2 is 2.44 bits per heavy atom. The van der Waals surface area contributed by atoms with E-state index >= 15 is 0 Å². The van der Waals surface area contributed by atoms with Crippen LogP contribution in [0.5, 0.6) is 0 Å². The summed E-state index contributed by atoms with van der Waals surface area (Å²) in [6.45, 7) is 7.47. The molecule has 0 amide bonds. The summed E-state index contributed by atoms with van der Waals surface area (Å²) in [5, 5.41) is 10.8. The number of hydrogen-bond donors (Lipinski definition) is 2. The van der Waals surface area contributed by atoms with Crippen LogP contribution in [0.15, 0.2) is 4.52 Å². The maximum absolute atomic E-state index is 5.44. The van der Waals surface area contributed by atoms with Crippen molar-refractivity contribution in [1.82, 2.24) is 20.8 Å². The SMILES string of the molecule is Cc1nc(CCNC(C)CC2COCCN2)no1. The third-order valence-corrected chi connectivity index (χ3v) is 3.05. The van der Waals surface area contributed by atoms with Crippen LogP contribution in [0.3, 0.4) is 0 Å². The van der Waals surface area contributed by atoms with E-state index in [9.17, 15) is 0 Å². The molecule has 1 aliphatic heterocycles. The van der Waals surface area contributed by atoms with E-state index in [1.165, 1.54) is 0 Å². The van der Waals surface area contributed by atoms with Crippen LogP contribution in [0.2, 0.25) is 0 Å².